The van der Waals surface area contributed by atoms with Gasteiger partial charge in [-0.25, -0.2) is 8.42 Å². The number of sulfone groups is 1. The highest BCUT2D eigenvalue weighted by atomic mass is 32.2. The maximum Gasteiger partial charge on any atom is 0.269 e. The van der Waals surface area contributed by atoms with Crippen molar-refractivity contribution in [3.8, 4) is 0 Å². The molecule has 1 aromatic rings. The van der Waals surface area contributed by atoms with E-state index in [1.807, 2.05) is 0 Å². The van der Waals surface area contributed by atoms with Crippen LogP contribution in [0, 0.1) is 10.1 Å². The molecule has 0 saturated carbocycles. The normalized spacial score (nSPS) is 21.2. The highest BCUT2D eigenvalue weighted by molar-refractivity contribution is 7.92. The number of aliphatic hydroxyl groups is 2. The van der Waals surface area contributed by atoms with Crippen LogP contribution in [0.15, 0.2) is 29.2 Å². The van der Waals surface area contributed by atoms with E-state index < -0.39 is 39.2 Å². The number of nitrogens with zero attached hydrogens (tertiary/aromatic N) is 1. The summed E-state index contributed by atoms with van der Waals surface area (Å²) in [6.45, 7) is -0.395. The van der Waals surface area contributed by atoms with Gasteiger partial charge in [0, 0.05) is 18.7 Å². The van der Waals surface area contributed by atoms with Crippen LogP contribution in [0.1, 0.15) is 19.3 Å². The fraction of sp³-hybridized carbons (Fsp3) is 0.571. The van der Waals surface area contributed by atoms with Crippen molar-refractivity contribution in [2.24, 2.45) is 0 Å². The van der Waals surface area contributed by atoms with Crippen LogP contribution in [0.5, 0.6) is 0 Å². The lowest BCUT2D eigenvalue weighted by Gasteiger charge is -2.29. The van der Waals surface area contributed by atoms with Crippen LogP contribution in [0.4, 0.5) is 5.69 Å². The third-order valence-corrected chi connectivity index (χ3v) is 5.57. The summed E-state index contributed by atoms with van der Waals surface area (Å²) in [5.74, 6) is 0. The molecule has 10 heteroatoms. The van der Waals surface area contributed by atoms with Crippen molar-refractivity contribution in [1.82, 2.24) is 0 Å². The van der Waals surface area contributed by atoms with Crippen LogP contribution in [-0.2, 0) is 19.3 Å². The summed E-state index contributed by atoms with van der Waals surface area (Å²) < 4.78 is 36.0. The summed E-state index contributed by atoms with van der Waals surface area (Å²) in [7, 11) is -4.19. The number of nitro groups is 1. The van der Waals surface area contributed by atoms with E-state index in [0.29, 0.717) is 13.0 Å². The quantitative estimate of drug-likeness (QED) is 0.532. The fourth-order valence-corrected chi connectivity index (χ4v) is 3.87. The number of hydrogen-bond acceptors (Lipinski definition) is 8. The molecule has 9 nitrogen and oxygen atoms in total. The minimum absolute atomic E-state index is 0.249. The van der Waals surface area contributed by atoms with Gasteiger partial charge in [-0.2, -0.15) is 0 Å². The number of aliphatic hydroxyl groups excluding tert-OH is 2. The topological polar surface area (TPSA) is 136 Å². The third kappa shape index (κ3) is 4.28. The second-order valence-corrected chi connectivity index (χ2v) is 7.37. The highest BCUT2D eigenvalue weighted by Gasteiger charge is 2.37. The van der Waals surface area contributed by atoms with Crippen LogP contribution >= 0.6 is 0 Å². The Morgan fingerprint density at radius 3 is 2.50 bits per heavy atom. The van der Waals surface area contributed by atoms with Crippen molar-refractivity contribution in [3.63, 3.8) is 0 Å². The number of nitro benzene ring substituents is 1. The molecular formula is C14H19NO8S. The van der Waals surface area contributed by atoms with Crippen molar-refractivity contribution in [2.45, 2.75) is 42.0 Å². The minimum Gasteiger partial charge on any atom is -0.394 e. The predicted molar refractivity (Wildman–Crippen MR) is 81.8 cm³/mol. The van der Waals surface area contributed by atoms with Gasteiger partial charge >= 0.3 is 0 Å². The second-order valence-electron chi connectivity index (χ2n) is 5.35. The van der Waals surface area contributed by atoms with E-state index in [1.54, 1.807) is 0 Å². The SMILES string of the molecule is O=[N+]([O-])c1ccc(S(=O)(=O)C(OC2CCCCO2)C(O)CO)cc1. The predicted octanol–water partition coefficient (Wildman–Crippen LogP) is 0.591. The number of hydrogen-bond donors (Lipinski definition) is 2. The van der Waals surface area contributed by atoms with E-state index in [2.05, 4.69) is 0 Å². The summed E-state index contributed by atoms with van der Waals surface area (Å²) in [6, 6.07) is 4.23. The minimum atomic E-state index is -4.19. The van der Waals surface area contributed by atoms with E-state index in [1.165, 1.54) is 0 Å². The van der Waals surface area contributed by atoms with Gasteiger partial charge in [0.25, 0.3) is 5.69 Å². The summed E-state index contributed by atoms with van der Waals surface area (Å²) in [6.07, 6.45) is -0.356. The molecule has 1 aromatic carbocycles. The van der Waals surface area contributed by atoms with Gasteiger partial charge in [-0.15, -0.1) is 0 Å². The molecule has 24 heavy (non-hydrogen) atoms. The van der Waals surface area contributed by atoms with Crippen LogP contribution in [0.2, 0.25) is 0 Å². The molecule has 0 aromatic heterocycles. The van der Waals surface area contributed by atoms with E-state index in [9.17, 15) is 23.6 Å². The van der Waals surface area contributed by atoms with Gasteiger partial charge in [0.05, 0.1) is 16.4 Å². The number of rotatable bonds is 7. The summed E-state index contributed by atoms with van der Waals surface area (Å²) in [5, 5.41) is 29.7. The molecule has 1 saturated heterocycles. The molecule has 1 fully saturated rings. The van der Waals surface area contributed by atoms with Gasteiger partial charge < -0.3 is 19.7 Å². The Kier molecular flexibility index (Phi) is 6.24. The Labute approximate surface area is 138 Å². The van der Waals surface area contributed by atoms with E-state index in [0.717, 1.165) is 37.1 Å². The second kappa shape index (κ2) is 7.99. The number of ether oxygens (including phenoxy) is 2. The summed E-state index contributed by atoms with van der Waals surface area (Å²) in [4.78, 5) is 9.76. The Bertz CT molecular complexity index is 654. The first kappa shape index (κ1) is 18.7. The van der Waals surface area contributed by atoms with Crippen molar-refractivity contribution in [2.75, 3.05) is 13.2 Å². The average Bonchev–Trinajstić information content (AvgIpc) is 2.59. The van der Waals surface area contributed by atoms with Crippen molar-refractivity contribution in [1.29, 1.82) is 0 Å². The fourth-order valence-electron chi connectivity index (χ4n) is 2.32. The zero-order valence-electron chi connectivity index (χ0n) is 12.8. The maximum absolute atomic E-state index is 12.7. The lowest BCUT2D eigenvalue weighted by atomic mass is 10.2. The third-order valence-electron chi connectivity index (χ3n) is 3.61. The van der Waals surface area contributed by atoms with E-state index in [4.69, 9.17) is 14.6 Å². The van der Waals surface area contributed by atoms with Gasteiger partial charge in [0.1, 0.15) is 6.10 Å². The summed E-state index contributed by atoms with van der Waals surface area (Å²) >= 11 is 0. The van der Waals surface area contributed by atoms with Crippen LogP contribution in [0.25, 0.3) is 0 Å². The van der Waals surface area contributed by atoms with Crippen molar-refractivity contribution < 1.29 is 33.0 Å². The average molecular weight is 361 g/mol. The lowest BCUT2D eigenvalue weighted by Crippen LogP contribution is -2.42. The van der Waals surface area contributed by atoms with Crippen LogP contribution in [0.3, 0.4) is 0 Å². The molecule has 0 radical (unpaired) electrons. The maximum atomic E-state index is 12.7. The Morgan fingerprint density at radius 1 is 1.33 bits per heavy atom. The zero-order chi connectivity index (χ0) is 17.7. The Balaban J connectivity index is 2.26. The molecule has 1 heterocycles. The Morgan fingerprint density at radius 2 is 2.00 bits per heavy atom. The molecule has 3 unspecified atom stereocenters. The monoisotopic (exact) mass is 361 g/mol. The smallest absolute Gasteiger partial charge is 0.269 e. The number of non-ortho nitro benzene ring substituents is 1. The van der Waals surface area contributed by atoms with Crippen molar-refractivity contribution in [3.05, 3.63) is 34.4 Å². The molecule has 0 aliphatic carbocycles. The number of benzene rings is 1. The van der Waals surface area contributed by atoms with Crippen molar-refractivity contribution >= 4 is 15.5 Å². The van der Waals surface area contributed by atoms with Gasteiger partial charge in [-0.3, -0.25) is 10.1 Å². The molecule has 0 amide bonds. The van der Waals surface area contributed by atoms with E-state index >= 15 is 0 Å². The van der Waals surface area contributed by atoms with Crippen LogP contribution < -0.4 is 0 Å². The van der Waals surface area contributed by atoms with E-state index in [-0.39, 0.29) is 10.6 Å². The van der Waals surface area contributed by atoms with Gasteiger partial charge in [-0.05, 0) is 31.4 Å². The molecule has 3 atom stereocenters. The standard InChI is InChI=1S/C14H19NO8S/c16-9-12(17)14(23-13-3-1-2-8-22-13)24(20,21)11-6-4-10(5-7-11)15(18)19/h4-7,12-14,16-17H,1-3,8-9H2. The lowest BCUT2D eigenvalue weighted by molar-refractivity contribution is -0.384. The van der Waals surface area contributed by atoms with Gasteiger partial charge in [0.15, 0.2) is 11.7 Å². The van der Waals surface area contributed by atoms with Gasteiger partial charge in [-0.1, -0.05) is 0 Å². The first-order valence-electron chi connectivity index (χ1n) is 7.40. The molecule has 0 bridgehead atoms. The highest BCUT2D eigenvalue weighted by Crippen LogP contribution is 2.25. The molecule has 134 valence electrons. The molecule has 1 aliphatic heterocycles. The largest absolute Gasteiger partial charge is 0.394 e. The van der Waals surface area contributed by atoms with Gasteiger partial charge in [0.2, 0.25) is 9.84 Å². The zero-order valence-corrected chi connectivity index (χ0v) is 13.6. The molecule has 2 N–H and O–H groups in total. The summed E-state index contributed by atoms with van der Waals surface area (Å²) in [5.41, 5.74) is -1.99. The molecule has 2 rings (SSSR count). The molecular weight excluding hydrogens is 342 g/mol. The molecule has 0 spiro atoms. The first-order chi connectivity index (χ1) is 11.4. The van der Waals surface area contributed by atoms with Crippen LogP contribution in [-0.4, -0.2) is 54.6 Å². The first-order valence-corrected chi connectivity index (χ1v) is 8.95. The molecule has 1 aliphatic rings. The Hall–Kier alpha value is -1.59.